The van der Waals surface area contributed by atoms with Gasteiger partial charge in [0, 0.05) is 23.7 Å². The molecule has 1 aromatic heterocycles. The van der Waals surface area contributed by atoms with Crippen molar-refractivity contribution in [2.24, 2.45) is 10.9 Å². The van der Waals surface area contributed by atoms with Crippen molar-refractivity contribution in [3.63, 3.8) is 0 Å². The molecule has 0 saturated carbocycles. The fraction of sp³-hybridized carbons (Fsp3) is 0.167. The molecule has 0 atom stereocenters. The van der Waals surface area contributed by atoms with E-state index in [0.29, 0.717) is 5.56 Å². The lowest BCUT2D eigenvalue weighted by atomic mass is 10.2. The number of hydrogen-bond donors (Lipinski definition) is 2. The third-order valence-corrected chi connectivity index (χ3v) is 3.57. The normalized spacial score (nSPS) is 11.6. The van der Waals surface area contributed by atoms with Gasteiger partial charge in [-0.05, 0) is 19.1 Å². The Labute approximate surface area is 109 Å². The molecule has 0 fully saturated rings. The van der Waals surface area contributed by atoms with Crippen molar-refractivity contribution in [2.45, 2.75) is 6.92 Å². The number of aryl methyl sites for hydroxylation is 1. The van der Waals surface area contributed by atoms with Crippen LogP contribution in [0.5, 0.6) is 0 Å². The fourth-order valence-electron chi connectivity index (χ4n) is 1.54. The summed E-state index contributed by atoms with van der Waals surface area (Å²) in [5.74, 6) is 0.0977. The van der Waals surface area contributed by atoms with Gasteiger partial charge in [-0.3, -0.25) is 0 Å². The number of rotatable bonds is 3. The van der Waals surface area contributed by atoms with E-state index in [2.05, 4.69) is 10.1 Å². The Bertz CT molecular complexity index is 579. The molecule has 94 valence electrons. The summed E-state index contributed by atoms with van der Waals surface area (Å²) < 4.78 is 0. The Hall–Kier alpha value is -2.08. The molecule has 1 heterocycles. The van der Waals surface area contributed by atoms with E-state index in [0.717, 1.165) is 16.5 Å². The van der Waals surface area contributed by atoms with Crippen molar-refractivity contribution in [3.8, 4) is 0 Å². The summed E-state index contributed by atoms with van der Waals surface area (Å²) in [7, 11) is 1.93. The third kappa shape index (κ3) is 2.43. The highest BCUT2D eigenvalue weighted by Gasteiger charge is 2.09. The summed E-state index contributed by atoms with van der Waals surface area (Å²) in [6, 6.07) is 7.45. The highest BCUT2D eigenvalue weighted by molar-refractivity contribution is 7.13. The molecule has 0 spiro atoms. The van der Waals surface area contributed by atoms with Crippen LogP contribution < -0.4 is 10.6 Å². The van der Waals surface area contributed by atoms with E-state index in [1.54, 1.807) is 17.4 Å². The van der Waals surface area contributed by atoms with Crippen LogP contribution in [0.15, 0.2) is 34.8 Å². The predicted octanol–water partition coefficient (Wildman–Crippen LogP) is 2.31. The smallest absolute Gasteiger partial charge is 0.189 e. The topological polar surface area (TPSA) is 74.7 Å². The van der Waals surface area contributed by atoms with Crippen LogP contribution >= 0.6 is 11.3 Å². The molecule has 0 unspecified atom stereocenters. The molecule has 5 nitrogen and oxygen atoms in total. The molecule has 2 aromatic rings. The zero-order valence-corrected chi connectivity index (χ0v) is 11.0. The Morgan fingerprint density at radius 1 is 1.50 bits per heavy atom. The van der Waals surface area contributed by atoms with Crippen molar-refractivity contribution in [2.75, 3.05) is 11.9 Å². The zero-order chi connectivity index (χ0) is 13.1. The first-order valence-electron chi connectivity index (χ1n) is 5.35. The number of nitrogens with two attached hydrogens (primary N) is 1. The molecular weight excluding hydrogens is 248 g/mol. The van der Waals surface area contributed by atoms with Crippen molar-refractivity contribution in [1.82, 2.24) is 4.98 Å². The van der Waals surface area contributed by atoms with Gasteiger partial charge in [0.05, 0.1) is 5.69 Å². The van der Waals surface area contributed by atoms with Crippen LogP contribution in [0.2, 0.25) is 0 Å². The molecule has 0 bridgehead atoms. The van der Waals surface area contributed by atoms with Crippen molar-refractivity contribution in [3.05, 3.63) is 40.9 Å². The molecule has 1 aromatic carbocycles. The van der Waals surface area contributed by atoms with Gasteiger partial charge in [0.15, 0.2) is 11.0 Å². The van der Waals surface area contributed by atoms with Gasteiger partial charge in [0.2, 0.25) is 0 Å². The second-order valence-corrected chi connectivity index (χ2v) is 4.70. The molecule has 0 saturated heterocycles. The Balaban J connectivity index is 2.34. The SMILES string of the molecule is Cc1csc(N(C)c2cccc(C(N)=NO)c2)n1. The van der Waals surface area contributed by atoms with Crippen LogP contribution in [0.4, 0.5) is 10.8 Å². The van der Waals surface area contributed by atoms with Crippen molar-refractivity contribution >= 4 is 28.0 Å². The number of oxime groups is 1. The van der Waals surface area contributed by atoms with E-state index in [1.165, 1.54) is 0 Å². The van der Waals surface area contributed by atoms with Gasteiger partial charge >= 0.3 is 0 Å². The van der Waals surface area contributed by atoms with Gasteiger partial charge < -0.3 is 15.8 Å². The first-order valence-corrected chi connectivity index (χ1v) is 6.23. The van der Waals surface area contributed by atoms with Crippen molar-refractivity contribution in [1.29, 1.82) is 0 Å². The largest absolute Gasteiger partial charge is 0.409 e. The van der Waals surface area contributed by atoms with Gasteiger partial charge in [0.25, 0.3) is 0 Å². The molecule has 0 aliphatic carbocycles. The molecule has 0 aliphatic heterocycles. The van der Waals surface area contributed by atoms with Gasteiger partial charge in [-0.15, -0.1) is 11.3 Å². The van der Waals surface area contributed by atoms with E-state index in [-0.39, 0.29) is 5.84 Å². The number of benzene rings is 1. The Morgan fingerprint density at radius 3 is 2.89 bits per heavy atom. The second kappa shape index (κ2) is 5.05. The maximum absolute atomic E-state index is 8.68. The highest BCUT2D eigenvalue weighted by Crippen LogP contribution is 2.27. The van der Waals surface area contributed by atoms with Gasteiger partial charge in [0.1, 0.15) is 0 Å². The molecule has 6 heteroatoms. The van der Waals surface area contributed by atoms with Gasteiger partial charge in [-0.25, -0.2) is 4.98 Å². The average molecular weight is 262 g/mol. The lowest BCUT2D eigenvalue weighted by Crippen LogP contribution is -2.15. The first-order chi connectivity index (χ1) is 8.61. The van der Waals surface area contributed by atoms with E-state index in [1.807, 2.05) is 42.5 Å². The minimum atomic E-state index is 0.0977. The lowest BCUT2D eigenvalue weighted by Gasteiger charge is -2.16. The Kier molecular flexibility index (Phi) is 3.47. The highest BCUT2D eigenvalue weighted by atomic mass is 32.1. The predicted molar refractivity (Wildman–Crippen MR) is 73.9 cm³/mol. The minimum Gasteiger partial charge on any atom is -0.409 e. The minimum absolute atomic E-state index is 0.0977. The van der Waals surface area contributed by atoms with Gasteiger partial charge in [-0.1, -0.05) is 17.3 Å². The van der Waals surface area contributed by atoms with Gasteiger partial charge in [-0.2, -0.15) is 0 Å². The second-order valence-electron chi connectivity index (χ2n) is 3.87. The van der Waals surface area contributed by atoms with E-state index >= 15 is 0 Å². The summed E-state index contributed by atoms with van der Waals surface area (Å²) in [6.07, 6.45) is 0. The third-order valence-electron chi connectivity index (χ3n) is 2.53. The summed E-state index contributed by atoms with van der Waals surface area (Å²) in [6.45, 7) is 1.96. The number of aromatic nitrogens is 1. The molecule has 0 radical (unpaired) electrons. The summed E-state index contributed by atoms with van der Waals surface area (Å²) in [5, 5.41) is 14.6. The van der Waals surface area contributed by atoms with Crippen LogP contribution in [0.3, 0.4) is 0 Å². The lowest BCUT2D eigenvalue weighted by molar-refractivity contribution is 0.318. The van der Waals surface area contributed by atoms with Crippen LogP contribution in [0.25, 0.3) is 0 Å². The quantitative estimate of drug-likeness (QED) is 0.385. The molecule has 0 amide bonds. The molecular formula is C12H14N4OS. The summed E-state index contributed by atoms with van der Waals surface area (Å²) in [4.78, 5) is 6.38. The molecule has 2 rings (SSSR count). The summed E-state index contributed by atoms with van der Waals surface area (Å²) >= 11 is 1.58. The number of hydrogen-bond acceptors (Lipinski definition) is 5. The van der Waals surface area contributed by atoms with Crippen LogP contribution in [-0.4, -0.2) is 23.1 Å². The van der Waals surface area contributed by atoms with Crippen LogP contribution in [0.1, 0.15) is 11.3 Å². The van der Waals surface area contributed by atoms with Crippen molar-refractivity contribution < 1.29 is 5.21 Å². The first kappa shape index (κ1) is 12.4. The molecule has 0 aliphatic rings. The number of thiazole rings is 1. The molecule has 3 N–H and O–H groups in total. The monoisotopic (exact) mass is 262 g/mol. The fourth-order valence-corrected chi connectivity index (χ4v) is 2.33. The number of anilines is 2. The Morgan fingerprint density at radius 2 is 2.28 bits per heavy atom. The standard InChI is InChI=1S/C12H14N4OS/c1-8-7-18-12(14-8)16(2)10-5-3-4-9(6-10)11(13)15-17/h3-7,17H,1-2H3,(H2,13,15). The number of nitrogens with zero attached hydrogens (tertiary/aromatic N) is 3. The van der Waals surface area contributed by atoms with E-state index in [4.69, 9.17) is 10.9 Å². The number of amidine groups is 1. The zero-order valence-electron chi connectivity index (χ0n) is 10.2. The van der Waals surface area contributed by atoms with E-state index < -0.39 is 0 Å². The van der Waals surface area contributed by atoms with E-state index in [9.17, 15) is 0 Å². The maximum Gasteiger partial charge on any atom is 0.189 e. The maximum atomic E-state index is 8.68. The summed E-state index contributed by atoms with van der Waals surface area (Å²) in [5.41, 5.74) is 8.18. The average Bonchev–Trinajstić information content (AvgIpc) is 2.83. The molecule has 18 heavy (non-hydrogen) atoms. The van der Waals surface area contributed by atoms with Crippen LogP contribution in [-0.2, 0) is 0 Å². The van der Waals surface area contributed by atoms with Crippen LogP contribution in [0, 0.1) is 6.92 Å².